The number of fused-ring (bicyclic) bond motifs is 1. The van der Waals surface area contributed by atoms with Crippen LogP contribution in [0.4, 0.5) is 8.78 Å². The molecule has 0 saturated carbocycles. The zero-order valence-electron chi connectivity index (χ0n) is 11.0. The summed E-state index contributed by atoms with van der Waals surface area (Å²) in [6.07, 6.45) is 0. The van der Waals surface area contributed by atoms with E-state index in [1.54, 1.807) is 0 Å². The normalized spacial score (nSPS) is 13.6. The van der Waals surface area contributed by atoms with Crippen molar-refractivity contribution < 1.29 is 28.6 Å². The molecule has 0 unspecified atom stereocenters. The molecule has 0 saturated heterocycles. The summed E-state index contributed by atoms with van der Waals surface area (Å²) in [4.78, 5) is 25.1. The van der Waals surface area contributed by atoms with Crippen LogP contribution in [0.3, 0.4) is 0 Å². The molecule has 0 atom stereocenters. The Morgan fingerprint density at radius 3 is 2.23 bits per heavy atom. The molecule has 1 heterocycles. The molecule has 1 aliphatic heterocycles. The van der Waals surface area contributed by atoms with E-state index in [1.807, 2.05) is 0 Å². The largest absolute Gasteiger partial charge is 0.504 e. The lowest BCUT2D eigenvalue weighted by Crippen LogP contribution is -2.29. The van der Waals surface area contributed by atoms with Crippen LogP contribution >= 0.6 is 0 Å². The Kier molecular flexibility index (Phi) is 3.05. The number of benzene rings is 2. The van der Waals surface area contributed by atoms with Gasteiger partial charge in [-0.15, -0.1) is 0 Å². The molecular weight excluding hydrogens is 296 g/mol. The van der Waals surface area contributed by atoms with Crippen molar-refractivity contribution in [3.05, 3.63) is 58.7 Å². The van der Waals surface area contributed by atoms with Crippen molar-refractivity contribution in [2.75, 3.05) is 0 Å². The van der Waals surface area contributed by atoms with Crippen molar-refractivity contribution in [1.82, 2.24) is 4.90 Å². The fraction of sp³-hybridized carbons (Fsp3) is 0.0667. The molecule has 22 heavy (non-hydrogen) atoms. The van der Waals surface area contributed by atoms with Gasteiger partial charge in [0, 0.05) is 6.07 Å². The zero-order chi connectivity index (χ0) is 16.0. The van der Waals surface area contributed by atoms with Crippen molar-refractivity contribution in [2.24, 2.45) is 0 Å². The number of rotatable bonds is 2. The first-order valence-corrected chi connectivity index (χ1v) is 6.24. The first kappa shape index (κ1) is 14.0. The highest BCUT2D eigenvalue weighted by Crippen LogP contribution is 2.37. The summed E-state index contributed by atoms with van der Waals surface area (Å²) in [6, 6.07) is 4.98. The van der Waals surface area contributed by atoms with E-state index in [4.69, 9.17) is 0 Å². The number of phenols is 2. The molecule has 3 rings (SSSR count). The topological polar surface area (TPSA) is 77.8 Å². The molecule has 0 bridgehead atoms. The maximum Gasteiger partial charge on any atom is 0.265 e. The minimum Gasteiger partial charge on any atom is -0.504 e. The van der Waals surface area contributed by atoms with Gasteiger partial charge in [0.25, 0.3) is 11.8 Å². The predicted octanol–water partition coefficient (Wildman–Crippen LogP) is 2.17. The van der Waals surface area contributed by atoms with E-state index in [0.29, 0.717) is 6.07 Å². The Hall–Kier alpha value is -2.96. The van der Waals surface area contributed by atoms with Gasteiger partial charge in [0.1, 0.15) is 11.6 Å². The predicted molar refractivity (Wildman–Crippen MR) is 70.3 cm³/mol. The molecular formula is C15H9F2NO4. The number of halogens is 2. The molecule has 2 aromatic carbocycles. The van der Waals surface area contributed by atoms with E-state index in [2.05, 4.69) is 0 Å². The number of amides is 2. The van der Waals surface area contributed by atoms with Crippen molar-refractivity contribution in [1.29, 1.82) is 0 Å². The number of nitrogens with zero attached hydrogens (tertiary/aromatic N) is 1. The second-order valence-electron chi connectivity index (χ2n) is 4.83. The Morgan fingerprint density at radius 2 is 1.59 bits per heavy atom. The second kappa shape index (κ2) is 4.80. The fourth-order valence-electron chi connectivity index (χ4n) is 2.38. The molecule has 7 heteroatoms. The van der Waals surface area contributed by atoms with Gasteiger partial charge in [0.2, 0.25) is 0 Å². The molecule has 112 valence electrons. The van der Waals surface area contributed by atoms with Crippen LogP contribution in [0.1, 0.15) is 26.3 Å². The van der Waals surface area contributed by atoms with Crippen LogP contribution in [-0.4, -0.2) is 26.9 Å². The van der Waals surface area contributed by atoms with Crippen LogP contribution in [0, 0.1) is 11.6 Å². The van der Waals surface area contributed by atoms with Crippen LogP contribution in [0.15, 0.2) is 30.3 Å². The number of hydrogen-bond donors (Lipinski definition) is 2. The summed E-state index contributed by atoms with van der Waals surface area (Å²) >= 11 is 0. The third-order valence-corrected chi connectivity index (χ3v) is 3.35. The summed E-state index contributed by atoms with van der Waals surface area (Å²) in [6.45, 7) is -0.346. The SMILES string of the molecule is O=C1c2ccc(O)c(O)c2C(=O)N1Cc1cc(F)cc(F)c1. The molecule has 2 aromatic rings. The van der Waals surface area contributed by atoms with E-state index in [1.165, 1.54) is 6.07 Å². The van der Waals surface area contributed by atoms with Crippen LogP contribution in [-0.2, 0) is 6.54 Å². The number of phenolic OH excluding ortho intramolecular Hbond substituents is 2. The Bertz CT molecular complexity index is 799. The number of carbonyl (C=O) groups excluding carboxylic acids is 2. The second-order valence-corrected chi connectivity index (χ2v) is 4.83. The Labute approximate surface area is 123 Å². The Balaban J connectivity index is 1.99. The maximum atomic E-state index is 13.2. The summed E-state index contributed by atoms with van der Waals surface area (Å²) in [5, 5.41) is 19.1. The standard InChI is InChI=1S/C15H9F2NO4/c16-8-3-7(4-9(17)5-8)6-18-14(21)10-1-2-11(19)13(20)12(10)15(18)22/h1-5,19-20H,6H2. The molecule has 0 aromatic heterocycles. The van der Waals surface area contributed by atoms with Crippen LogP contribution in [0.2, 0.25) is 0 Å². The van der Waals surface area contributed by atoms with Gasteiger partial charge in [-0.2, -0.15) is 0 Å². The van der Waals surface area contributed by atoms with Crippen molar-refractivity contribution in [3.8, 4) is 11.5 Å². The highest BCUT2D eigenvalue weighted by atomic mass is 19.1. The summed E-state index contributed by atoms with van der Waals surface area (Å²) in [7, 11) is 0. The minimum absolute atomic E-state index is 0.0721. The monoisotopic (exact) mass is 305 g/mol. The van der Waals surface area contributed by atoms with Crippen LogP contribution in [0.5, 0.6) is 11.5 Å². The number of carbonyl (C=O) groups is 2. The zero-order valence-corrected chi connectivity index (χ0v) is 11.0. The third kappa shape index (κ3) is 2.07. The molecule has 0 aliphatic carbocycles. The number of hydrogen-bond acceptors (Lipinski definition) is 4. The smallest absolute Gasteiger partial charge is 0.265 e. The van der Waals surface area contributed by atoms with Gasteiger partial charge < -0.3 is 10.2 Å². The highest BCUT2D eigenvalue weighted by Gasteiger charge is 2.38. The van der Waals surface area contributed by atoms with Gasteiger partial charge in [-0.25, -0.2) is 8.78 Å². The maximum absolute atomic E-state index is 13.2. The average Bonchev–Trinajstić information content (AvgIpc) is 2.67. The average molecular weight is 305 g/mol. The quantitative estimate of drug-likeness (QED) is 0.658. The van der Waals surface area contributed by atoms with Crippen molar-refractivity contribution in [2.45, 2.75) is 6.54 Å². The minimum atomic E-state index is -0.835. The molecule has 2 amide bonds. The first-order chi connectivity index (χ1) is 10.4. The number of imide groups is 1. The van der Waals surface area contributed by atoms with Gasteiger partial charge in [0.05, 0.1) is 17.7 Å². The van der Waals surface area contributed by atoms with Gasteiger partial charge in [-0.3, -0.25) is 14.5 Å². The highest BCUT2D eigenvalue weighted by molar-refractivity contribution is 6.22. The van der Waals surface area contributed by atoms with E-state index in [9.17, 15) is 28.6 Å². The van der Waals surface area contributed by atoms with E-state index in [0.717, 1.165) is 23.1 Å². The first-order valence-electron chi connectivity index (χ1n) is 6.24. The lowest BCUT2D eigenvalue weighted by Gasteiger charge is -2.14. The fourth-order valence-corrected chi connectivity index (χ4v) is 2.38. The summed E-state index contributed by atoms with van der Waals surface area (Å²) < 4.78 is 26.3. The van der Waals surface area contributed by atoms with Gasteiger partial charge >= 0.3 is 0 Å². The van der Waals surface area contributed by atoms with E-state index in [-0.39, 0.29) is 23.2 Å². The lowest BCUT2D eigenvalue weighted by molar-refractivity contribution is 0.0641. The van der Waals surface area contributed by atoms with Gasteiger partial charge in [-0.05, 0) is 29.8 Å². The summed E-state index contributed by atoms with van der Waals surface area (Å²) in [5.41, 5.74) is -0.297. The Morgan fingerprint density at radius 1 is 0.955 bits per heavy atom. The molecule has 5 nitrogen and oxygen atoms in total. The van der Waals surface area contributed by atoms with E-state index >= 15 is 0 Å². The molecule has 0 fully saturated rings. The van der Waals surface area contributed by atoms with Crippen molar-refractivity contribution in [3.63, 3.8) is 0 Å². The molecule has 2 N–H and O–H groups in total. The van der Waals surface area contributed by atoms with Crippen LogP contribution < -0.4 is 0 Å². The lowest BCUT2D eigenvalue weighted by atomic mass is 10.1. The summed E-state index contributed by atoms with van der Waals surface area (Å²) in [5.74, 6) is -4.42. The third-order valence-electron chi connectivity index (χ3n) is 3.35. The van der Waals surface area contributed by atoms with Crippen molar-refractivity contribution >= 4 is 11.8 Å². The molecule has 1 aliphatic rings. The van der Waals surface area contributed by atoms with Gasteiger partial charge in [-0.1, -0.05) is 0 Å². The molecule has 0 radical (unpaired) electrons. The van der Waals surface area contributed by atoms with E-state index < -0.39 is 34.9 Å². The molecule has 0 spiro atoms. The van der Waals surface area contributed by atoms with Crippen LogP contribution in [0.25, 0.3) is 0 Å². The van der Waals surface area contributed by atoms with Gasteiger partial charge in [0.15, 0.2) is 11.5 Å². The number of aromatic hydroxyl groups is 2.